The number of carbonyl (C=O) groups excluding carboxylic acids is 1. The van der Waals surface area contributed by atoms with E-state index in [2.05, 4.69) is 0 Å². The van der Waals surface area contributed by atoms with Crippen LogP contribution in [0.15, 0.2) is 0 Å². The summed E-state index contributed by atoms with van der Waals surface area (Å²) in [6, 6.07) is 1.94. The Kier molecular flexibility index (Phi) is 3.90. The van der Waals surface area contributed by atoms with Crippen molar-refractivity contribution in [3.63, 3.8) is 0 Å². The SMILES string of the molecule is CCC(C#N)C(=O)N1CCC[C@H]1CO. The maximum Gasteiger partial charge on any atom is 0.240 e. The van der Waals surface area contributed by atoms with Crippen LogP contribution in [0.2, 0.25) is 0 Å². The van der Waals surface area contributed by atoms with Crippen LogP contribution in [-0.4, -0.2) is 35.1 Å². The van der Waals surface area contributed by atoms with Gasteiger partial charge in [-0.05, 0) is 19.3 Å². The molecule has 0 radical (unpaired) electrons. The number of rotatable bonds is 3. The highest BCUT2D eigenvalue weighted by molar-refractivity contribution is 5.81. The van der Waals surface area contributed by atoms with E-state index < -0.39 is 5.92 Å². The number of amides is 1. The molecule has 0 spiro atoms. The second-order valence-electron chi connectivity index (χ2n) is 3.60. The molecule has 1 rings (SSSR count). The van der Waals surface area contributed by atoms with Crippen molar-refractivity contribution in [3.8, 4) is 6.07 Å². The highest BCUT2D eigenvalue weighted by Crippen LogP contribution is 2.20. The number of nitriles is 1. The van der Waals surface area contributed by atoms with E-state index in [1.807, 2.05) is 13.0 Å². The van der Waals surface area contributed by atoms with Gasteiger partial charge in [-0.3, -0.25) is 4.79 Å². The molecule has 4 nitrogen and oxygen atoms in total. The Morgan fingerprint density at radius 2 is 2.50 bits per heavy atom. The van der Waals surface area contributed by atoms with Crippen molar-refractivity contribution in [2.24, 2.45) is 5.92 Å². The zero-order valence-corrected chi connectivity index (χ0v) is 8.44. The standard InChI is InChI=1S/C10H16N2O2/c1-2-8(6-11)10(14)12-5-3-4-9(12)7-13/h8-9,13H,2-5,7H2,1H3/t8?,9-/m0/s1. The fraction of sp³-hybridized carbons (Fsp3) is 0.800. The summed E-state index contributed by atoms with van der Waals surface area (Å²) >= 11 is 0. The lowest BCUT2D eigenvalue weighted by atomic mass is 10.1. The summed E-state index contributed by atoms with van der Waals surface area (Å²) in [4.78, 5) is 13.4. The molecule has 0 aromatic heterocycles. The van der Waals surface area contributed by atoms with Gasteiger partial charge >= 0.3 is 0 Å². The maximum absolute atomic E-state index is 11.8. The van der Waals surface area contributed by atoms with E-state index in [9.17, 15) is 4.79 Å². The van der Waals surface area contributed by atoms with Gasteiger partial charge in [-0.15, -0.1) is 0 Å². The third-order valence-electron chi connectivity index (χ3n) is 2.73. The van der Waals surface area contributed by atoms with E-state index in [0.29, 0.717) is 13.0 Å². The number of aliphatic hydroxyl groups is 1. The van der Waals surface area contributed by atoms with Crippen molar-refractivity contribution in [2.45, 2.75) is 32.2 Å². The predicted molar refractivity (Wildman–Crippen MR) is 51.2 cm³/mol. The van der Waals surface area contributed by atoms with Gasteiger partial charge in [0.1, 0.15) is 5.92 Å². The third kappa shape index (κ3) is 2.05. The Balaban J connectivity index is 2.64. The molecule has 1 aliphatic heterocycles. The fourth-order valence-electron chi connectivity index (χ4n) is 1.84. The Labute approximate surface area is 84.1 Å². The molecule has 0 aliphatic carbocycles. The minimum Gasteiger partial charge on any atom is -0.394 e. The van der Waals surface area contributed by atoms with Gasteiger partial charge < -0.3 is 10.0 Å². The molecule has 4 heteroatoms. The molecule has 1 fully saturated rings. The summed E-state index contributed by atoms with van der Waals surface area (Å²) in [6.45, 7) is 2.52. The van der Waals surface area contributed by atoms with Crippen LogP contribution in [0.4, 0.5) is 0 Å². The van der Waals surface area contributed by atoms with Gasteiger partial charge in [-0.1, -0.05) is 6.92 Å². The molecule has 78 valence electrons. The number of hydrogen-bond donors (Lipinski definition) is 1. The third-order valence-corrected chi connectivity index (χ3v) is 2.73. The van der Waals surface area contributed by atoms with Crippen LogP contribution < -0.4 is 0 Å². The Bertz CT molecular complexity index is 247. The first kappa shape index (κ1) is 11.0. The van der Waals surface area contributed by atoms with E-state index in [1.54, 1.807) is 4.90 Å². The van der Waals surface area contributed by atoms with Crippen LogP contribution in [0.5, 0.6) is 0 Å². The highest BCUT2D eigenvalue weighted by atomic mass is 16.3. The van der Waals surface area contributed by atoms with Crippen LogP contribution in [0.25, 0.3) is 0 Å². The van der Waals surface area contributed by atoms with Gasteiger partial charge in [-0.2, -0.15) is 5.26 Å². The summed E-state index contributed by atoms with van der Waals surface area (Å²) in [7, 11) is 0. The van der Waals surface area contributed by atoms with E-state index in [-0.39, 0.29) is 18.6 Å². The number of aliphatic hydroxyl groups excluding tert-OH is 1. The Morgan fingerprint density at radius 1 is 1.79 bits per heavy atom. The summed E-state index contributed by atoms with van der Waals surface area (Å²) in [5, 5.41) is 17.8. The second kappa shape index (κ2) is 4.97. The smallest absolute Gasteiger partial charge is 0.240 e. The van der Waals surface area contributed by atoms with Gasteiger partial charge in [0.05, 0.1) is 18.7 Å². The summed E-state index contributed by atoms with van der Waals surface area (Å²) < 4.78 is 0. The van der Waals surface area contributed by atoms with Crippen molar-refractivity contribution in [2.75, 3.05) is 13.2 Å². The molecule has 1 aliphatic rings. The molecular weight excluding hydrogens is 180 g/mol. The summed E-state index contributed by atoms with van der Waals surface area (Å²) in [6.07, 6.45) is 2.33. The molecule has 0 saturated carbocycles. The van der Waals surface area contributed by atoms with Gasteiger partial charge in [0.2, 0.25) is 5.91 Å². The average molecular weight is 196 g/mol. The number of likely N-dealkylation sites (tertiary alicyclic amines) is 1. The van der Waals surface area contributed by atoms with Gasteiger partial charge in [-0.25, -0.2) is 0 Å². The summed E-state index contributed by atoms with van der Waals surface area (Å²) in [5.74, 6) is -0.659. The van der Waals surface area contributed by atoms with Crippen LogP contribution in [0.3, 0.4) is 0 Å². The normalized spacial score (nSPS) is 23.2. The molecule has 0 aromatic carbocycles. The summed E-state index contributed by atoms with van der Waals surface area (Å²) in [5.41, 5.74) is 0. The van der Waals surface area contributed by atoms with Crippen LogP contribution >= 0.6 is 0 Å². The van der Waals surface area contributed by atoms with Crippen molar-refractivity contribution in [1.29, 1.82) is 5.26 Å². The second-order valence-corrected chi connectivity index (χ2v) is 3.60. The molecule has 14 heavy (non-hydrogen) atoms. The van der Waals surface area contributed by atoms with Crippen LogP contribution in [-0.2, 0) is 4.79 Å². The molecule has 1 heterocycles. The molecule has 2 atom stereocenters. The highest BCUT2D eigenvalue weighted by Gasteiger charge is 2.31. The molecule has 1 N–H and O–H groups in total. The van der Waals surface area contributed by atoms with Crippen LogP contribution in [0, 0.1) is 17.2 Å². The largest absolute Gasteiger partial charge is 0.394 e. The number of carbonyl (C=O) groups is 1. The molecular formula is C10H16N2O2. The van der Waals surface area contributed by atoms with Crippen LogP contribution in [0.1, 0.15) is 26.2 Å². The molecule has 0 bridgehead atoms. The van der Waals surface area contributed by atoms with Crippen molar-refractivity contribution in [1.82, 2.24) is 4.90 Å². The number of nitrogens with zero attached hydrogens (tertiary/aromatic N) is 2. The quantitative estimate of drug-likeness (QED) is 0.715. The molecule has 0 aromatic rings. The molecule has 1 saturated heterocycles. The Morgan fingerprint density at radius 3 is 3.00 bits per heavy atom. The molecule has 1 unspecified atom stereocenters. The lowest BCUT2D eigenvalue weighted by Gasteiger charge is -2.24. The van der Waals surface area contributed by atoms with E-state index >= 15 is 0 Å². The zero-order valence-electron chi connectivity index (χ0n) is 8.44. The fourth-order valence-corrected chi connectivity index (χ4v) is 1.84. The first-order chi connectivity index (χ1) is 6.74. The lowest BCUT2D eigenvalue weighted by molar-refractivity contribution is -0.135. The minimum absolute atomic E-state index is 0.00754. The minimum atomic E-state index is -0.540. The maximum atomic E-state index is 11.8. The first-order valence-electron chi connectivity index (χ1n) is 5.05. The topological polar surface area (TPSA) is 64.3 Å². The van der Waals surface area contributed by atoms with Crippen molar-refractivity contribution >= 4 is 5.91 Å². The van der Waals surface area contributed by atoms with Gasteiger partial charge in [0.25, 0.3) is 0 Å². The van der Waals surface area contributed by atoms with E-state index in [1.165, 1.54) is 0 Å². The van der Waals surface area contributed by atoms with E-state index in [0.717, 1.165) is 12.8 Å². The van der Waals surface area contributed by atoms with Crippen molar-refractivity contribution in [3.05, 3.63) is 0 Å². The predicted octanol–water partition coefficient (Wildman–Crippen LogP) is 0.519. The van der Waals surface area contributed by atoms with Gasteiger partial charge in [0, 0.05) is 6.54 Å². The molecule has 1 amide bonds. The van der Waals surface area contributed by atoms with E-state index in [4.69, 9.17) is 10.4 Å². The average Bonchev–Trinajstić information content (AvgIpc) is 2.67. The first-order valence-corrected chi connectivity index (χ1v) is 5.05. The lowest BCUT2D eigenvalue weighted by Crippen LogP contribution is -2.40. The number of hydrogen-bond acceptors (Lipinski definition) is 3. The van der Waals surface area contributed by atoms with Gasteiger partial charge in [0.15, 0.2) is 0 Å². The van der Waals surface area contributed by atoms with Crippen molar-refractivity contribution < 1.29 is 9.90 Å². The zero-order chi connectivity index (χ0) is 10.6. The monoisotopic (exact) mass is 196 g/mol. The Hall–Kier alpha value is -1.08.